The maximum atomic E-state index is 6.22. The Labute approximate surface area is 147 Å². The van der Waals surface area contributed by atoms with Gasteiger partial charge in [-0.1, -0.05) is 42.3 Å². The molecule has 1 aliphatic heterocycles. The van der Waals surface area contributed by atoms with Crippen LogP contribution in [0.15, 0.2) is 36.5 Å². The van der Waals surface area contributed by atoms with Crippen LogP contribution in [0, 0.1) is 0 Å². The Balaban J connectivity index is 1.55. The minimum absolute atomic E-state index is 0.453. The molecule has 0 spiro atoms. The zero-order valence-electron chi connectivity index (χ0n) is 13.2. The van der Waals surface area contributed by atoms with Gasteiger partial charge in [-0.2, -0.15) is 0 Å². The van der Waals surface area contributed by atoms with Crippen LogP contribution in [0.2, 0.25) is 10.0 Å². The molecule has 2 heterocycles. The van der Waals surface area contributed by atoms with Gasteiger partial charge >= 0.3 is 0 Å². The number of hydrogen-bond donors (Lipinski definition) is 1. The zero-order valence-corrected chi connectivity index (χ0v) is 14.7. The van der Waals surface area contributed by atoms with Crippen molar-refractivity contribution < 1.29 is 0 Å². The van der Waals surface area contributed by atoms with E-state index < -0.39 is 0 Å². The number of aryl methyl sites for hydroxylation is 1. The summed E-state index contributed by atoms with van der Waals surface area (Å²) in [6.45, 7) is 4.92. The highest BCUT2D eigenvalue weighted by atomic mass is 35.5. The van der Waals surface area contributed by atoms with Gasteiger partial charge in [0.05, 0.1) is 0 Å². The molecular weight excluding hydrogens is 329 g/mol. The summed E-state index contributed by atoms with van der Waals surface area (Å²) in [5, 5.41) is 4.98. The molecular formula is C18H21Cl2N3. The fraction of sp³-hybridized carbons (Fsp3) is 0.389. The summed E-state index contributed by atoms with van der Waals surface area (Å²) in [6.07, 6.45) is 4.12. The summed E-state index contributed by atoms with van der Waals surface area (Å²) in [6, 6.07) is 10.4. The number of anilines is 1. The van der Waals surface area contributed by atoms with E-state index in [9.17, 15) is 0 Å². The van der Waals surface area contributed by atoms with E-state index in [0.717, 1.165) is 48.9 Å². The van der Waals surface area contributed by atoms with Crippen molar-refractivity contribution in [1.29, 1.82) is 0 Å². The maximum absolute atomic E-state index is 6.22. The van der Waals surface area contributed by atoms with Crippen LogP contribution in [-0.2, 0) is 13.0 Å². The normalized spacial score (nSPS) is 17.7. The van der Waals surface area contributed by atoms with Crippen molar-refractivity contribution in [2.45, 2.75) is 32.4 Å². The molecule has 23 heavy (non-hydrogen) atoms. The first kappa shape index (κ1) is 16.6. The van der Waals surface area contributed by atoms with Gasteiger partial charge in [-0.3, -0.25) is 0 Å². The van der Waals surface area contributed by atoms with Crippen LogP contribution in [0.25, 0.3) is 0 Å². The van der Waals surface area contributed by atoms with Crippen LogP contribution < -0.4 is 10.2 Å². The molecule has 1 aromatic carbocycles. The third-order valence-corrected chi connectivity index (χ3v) is 4.91. The first-order valence-electron chi connectivity index (χ1n) is 8.03. The molecule has 5 heteroatoms. The second-order valence-electron chi connectivity index (χ2n) is 5.93. The molecule has 0 amide bonds. The first-order chi connectivity index (χ1) is 11.2. The van der Waals surface area contributed by atoms with Gasteiger partial charge in [-0.15, -0.1) is 0 Å². The Kier molecular flexibility index (Phi) is 5.42. The predicted octanol–water partition coefficient (Wildman–Crippen LogP) is 4.32. The lowest BCUT2D eigenvalue weighted by Crippen LogP contribution is -2.32. The standard InChI is InChI=1S/C18H21Cl2N3/c1-2-13-3-6-18(22-10-13)23-8-7-16(12-23)21-11-14-4-5-15(19)9-17(14)20/h3-6,9-10,16,21H,2,7-8,11-12H2,1H3. The highest BCUT2D eigenvalue weighted by Crippen LogP contribution is 2.22. The van der Waals surface area contributed by atoms with E-state index >= 15 is 0 Å². The molecule has 3 nitrogen and oxygen atoms in total. The van der Waals surface area contributed by atoms with E-state index in [0.29, 0.717) is 11.1 Å². The molecule has 1 unspecified atom stereocenters. The zero-order chi connectivity index (χ0) is 16.2. The monoisotopic (exact) mass is 349 g/mol. The molecule has 1 saturated heterocycles. The van der Waals surface area contributed by atoms with E-state index in [1.807, 2.05) is 18.3 Å². The summed E-state index contributed by atoms with van der Waals surface area (Å²) in [4.78, 5) is 6.90. The third-order valence-electron chi connectivity index (χ3n) is 4.33. The second kappa shape index (κ2) is 7.52. The number of benzene rings is 1. The Morgan fingerprint density at radius 3 is 2.83 bits per heavy atom. The lowest BCUT2D eigenvalue weighted by atomic mass is 10.2. The van der Waals surface area contributed by atoms with Crippen molar-refractivity contribution in [2.24, 2.45) is 0 Å². The van der Waals surface area contributed by atoms with E-state index in [-0.39, 0.29) is 0 Å². The number of aromatic nitrogens is 1. The van der Waals surface area contributed by atoms with Crippen LogP contribution in [-0.4, -0.2) is 24.1 Å². The van der Waals surface area contributed by atoms with E-state index in [1.54, 1.807) is 6.07 Å². The molecule has 1 aliphatic rings. The number of nitrogens with zero attached hydrogens (tertiary/aromatic N) is 2. The van der Waals surface area contributed by atoms with Crippen molar-refractivity contribution in [3.63, 3.8) is 0 Å². The largest absolute Gasteiger partial charge is 0.355 e. The minimum Gasteiger partial charge on any atom is -0.355 e. The molecule has 0 aliphatic carbocycles. The van der Waals surface area contributed by atoms with Gasteiger partial charge in [0, 0.05) is 41.9 Å². The van der Waals surface area contributed by atoms with E-state index in [4.69, 9.17) is 23.2 Å². The first-order valence-corrected chi connectivity index (χ1v) is 8.78. The van der Waals surface area contributed by atoms with Crippen LogP contribution in [0.5, 0.6) is 0 Å². The lowest BCUT2D eigenvalue weighted by molar-refractivity contribution is 0.551. The van der Waals surface area contributed by atoms with Gasteiger partial charge in [0.1, 0.15) is 5.82 Å². The summed E-state index contributed by atoms with van der Waals surface area (Å²) in [5.74, 6) is 1.07. The molecule has 1 aromatic heterocycles. The highest BCUT2D eigenvalue weighted by Gasteiger charge is 2.23. The number of hydrogen-bond acceptors (Lipinski definition) is 3. The lowest BCUT2D eigenvalue weighted by Gasteiger charge is -2.18. The van der Waals surface area contributed by atoms with Crippen molar-refractivity contribution in [3.05, 3.63) is 57.7 Å². The maximum Gasteiger partial charge on any atom is 0.128 e. The average molecular weight is 350 g/mol. The molecule has 1 atom stereocenters. The molecule has 2 aromatic rings. The summed E-state index contributed by atoms with van der Waals surface area (Å²) in [7, 11) is 0. The van der Waals surface area contributed by atoms with Gasteiger partial charge in [0.15, 0.2) is 0 Å². The van der Waals surface area contributed by atoms with Crippen LogP contribution in [0.3, 0.4) is 0 Å². The highest BCUT2D eigenvalue weighted by molar-refractivity contribution is 6.35. The van der Waals surface area contributed by atoms with Crippen molar-refractivity contribution in [1.82, 2.24) is 10.3 Å². The second-order valence-corrected chi connectivity index (χ2v) is 6.77. The fourth-order valence-electron chi connectivity index (χ4n) is 2.87. The third kappa shape index (κ3) is 4.17. The van der Waals surface area contributed by atoms with E-state index in [2.05, 4.69) is 34.3 Å². The summed E-state index contributed by atoms with van der Waals surface area (Å²) in [5.41, 5.74) is 2.36. The Bertz CT molecular complexity index is 658. The number of rotatable bonds is 5. The summed E-state index contributed by atoms with van der Waals surface area (Å²) < 4.78 is 0. The van der Waals surface area contributed by atoms with Gasteiger partial charge in [-0.05, 0) is 42.2 Å². The number of halogens is 2. The van der Waals surface area contributed by atoms with Gasteiger partial charge < -0.3 is 10.2 Å². The van der Waals surface area contributed by atoms with Gasteiger partial charge in [0.25, 0.3) is 0 Å². The number of nitrogens with one attached hydrogen (secondary N) is 1. The van der Waals surface area contributed by atoms with Crippen LogP contribution >= 0.6 is 23.2 Å². The van der Waals surface area contributed by atoms with Crippen LogP contribution in [0.4, 0.5) is 5.82 Å². The Morgan fingerprint density at radius 1 is 1.26 bits per heavy atom. The van der Waals surface area contributed by atoms with Gasteiger partial charge in [0.2, 0.25) is 0 Å². The summed E-state index contributed by atoms with van der Waals surface area (Å²) >= 11 is 12.2. The predicted molar refractivity (Wildman–Crippen MR) is 97.5 cm³/mol. The van der Waals surface area contributed by atoms with Crippen molar-refractivity contribution in [2.75, 3.05) is 18.0 Å². The Morgan fingerprint density at radius 2 is 2.13 bits per heavy atom. The minimum atomic E-state index is 0.453. The smallest absolute Gasteiger partial charge is 0.128 e. The SMILES string of the molecule is CCc1ccc(N2CCC(NCc3ccc(Cl)cc3Cl)C2)nc1. The molecule has 0 bridgehead atoms. The molecule has 1 fully saturated rings. The number of pyridine rings is 1. The molecule has 0 radical (unpaired) electrons. The fourth-order valence-corrected chi connectivity index (χ4v) is 3.34. The van der Waals surface area contributed by atoms with E-state index in [1.165, 1.54) is 5.56 Å². The molecule has 3 rings (SSSR count). The topological polar surface area (TPSA) is 28.2 Å². The average Bonchev–Trinajstić information content (AvgIpc) is 3.03. The molecule has 122 valence electrons. The quantitative estimate of drug-likeness (QED) is 0.871. The van der Waals surface area contributed by atoms with Gasteiger partial charge in [-0.25, -0.2) is 4.98 Å². The molecule has 1 N–H and O–H groups in total. The Hall–Kier alpha value is -1.29. The molecule has 0 saturated carbocycles. The van der Waals surface area contributed by atoms with Crippen molar-refractivity contribution in [3.8, 4) is 0 Å². The van der Waals surface area contributed by atoms with Crippen LogP contribution in [0.1, 0.15) is 24.5 Å². The van der Waals surface area contributed by atoms with Crippen molar-refractivity contribution >= 4 is 29.0 Å².